The fraction of sp³-hybridized carbons (Fsp3) is 0.488. The molecule has 1 aliphatic heterocycles. The molecule has 54 heavy (non-hydrogen) atoms. The van der Waals surface area contributed by atoms with Crippen molar-refractivity contribution in [2.24, 2.45) is 29.2 Å². The van der Waals surface area contributed by atoms with E-state index in [2.05, 4.69) is 37.8 Å². The van der Waals surface area contributed by atoms with E-state index in [4.69, 9.17) is 25.8 Å². The zero-order chi connectivity index (χ0) is 38.6. The number of hydrogen-bond acceptors (Lipinski definition) is 8. The molecule has 1 fully saturated rings. The van der Waals surface area contributed by atoms with E-state index in [1.165, 1.54) is 29.1 Å². The van der Waals surface area contributed by atoms with Crippen molar-refractivity contribution in [1.29, 1.82) is 0 Å². The lowest BCUT2D eigenvalue weighted by Crippen LogP contribution is -2.49. The molecule has 0 unspecified atom stereocenters. The van der Waals surface area contributed by atoms with Crippen LogP contribution in [-0.2, 0) is 33.5 Å². The van der Waals surface area contributed by atoms with Gasteiger partial charge in [0, 0.05) is 49.4 Å². The van der Waals surface area contributed by atoms with E-state index >= 15 is 0 Å². The van der Waals surface area contributed by atoms with Crippen molar-refractivity contribution in [3.05, 3.63) is 94.7 Å². The van der Waals surface area contributed by atoms with Gasteiger partial charge in [0.1, 0.15) is 21.2 Å². The number of rotatable bonds is 13. The standard InChI is InChI=1S/C41H52ClN5O6S/c1-7-9-11-27(3)24-54(50,45-39(49)33-23-46(4)43-40(33)52-6)44-38(48)29-14-18-37-35(21-29)47(22-30-13-16-32(30)36(8-2)51-5)25-41(26-53-37)19-10-12-28-20-31(42)15-17-34(28)41/h7-9,14-15,17-18,20-21,23,27,30,32,36H,2,10-13,16,19,22,24-26H2,1,3-6H3,(H,44,45,48,49,50)/b9-7-/t27-,30-,32+,36-,41-,54-/m0/s1. The summed E-state index contributed by atoms with van der Waals surface area (Å²) < 4.78 is 40.6. The minimum Gasteiger partial charge on any atom is -0.490 e. The monoisotopic (exact) mass is 777 g/mol. The Kier molecular flexibility index (Phi) is 12.2. The normalized spacial score (nSPS) is 22.8. The SMILES string of the molecule is C=C[C@H](OC)[C@@H]1CC[C@H]1CN1C[C@@]2(CCCc3cc(Cl)ccc32)COc2ccc(C(=O)N=[S@@](=O)(C[C@@H](C)C/C=C\C)NC(=O)c3cn(C)nc3OC)cc21. The first kappa shape index (κ1) is 39.6. The van der Waals surface area contributed by atoms with Gasteiger partial charge in [0.05, 0.1) is 31.3 Å². The number of aromatic nitrogens is 2. The summed E-state index contributed by atoms with van der Waals surface area (Å²) in [6, 6.07) is 11.5. The Morgan fingerprint density at radius 1 is 1.24 bits per heavy atom. The van der Waals surface area contributed by atoms with Gasteiger partial charge in [0.2, 0.25) is 5.88 Å². The number of carbonyl (C=O) groups excluding carboxylic acids is 2. The van der Waals surface area contributed by atoms with Crippen LogP contribution in [0.1, 0.15) is 77.8 Å². The molecule has 2 aromatic carbocycles. The number of allylic oxidation sites excluding steroid dienone is 2. The van der Waals surface area contributed by atoms with Crippen LogP contribution in [0.15, 0.2) is 71.8 Å². The lowest BCUT2D eigenvalue weighted by atomic mass is 9.68. The second-order valence-corrected chi connectivity index (χ2v) is 17.4. The van der Waals surface area contributed by atoms with Crippen molar-refractivity contribution in [3.63, 3.8) is 0 Å². The average Bonchev–Trinajstić information content (AvgIpc) is 3.46. The maximum absolute atomic E-state index is 14.6. The Bertz CT molecular complexity index is 2040. The van der Waals surface area contributed by atoms with Crippen LogP contribution in [0.3, 0.4) is 0 Å². The van der Waals surface area contributed by atoms with Gasteiger partial charge in [-0.1, -0.05) is 42.8 Å². The predicted octanol–water partition coefficient (Wildman–Crippen LogP) is 7.34. The van der Waals surface area contributed by atoms with Gasteiger partial charge < -0.3 is 19.1 Å². The second kappa shape index (κ2) is 16.7. The zero-order valence-electron chi connectivity index (χ0n) is 31.9. The highest BCUT2D eigenvalue weighted by atomic mass is 35.5. The molecule has 2 heterocycles. The first-order chi connectivity index (χ1) is 25.9. The lowest BCUT2D eigenvalue weighted by Gasteiger charge is -2.46. The molecule has 0 radical (unpaired) electrons. The Balaban J connectivity index is 1.37. The molecule has 2 aliphatic carbocycles. The number of ether oxygens (including phenoxy) is 3. The Labute approximate surface area is 324 Å². The van der Waals surface area contributed by atoms with Gasteiger partial charge in [0.25, 0.3) is 11.8 Å². The van der Waals surface area contributed by atoms with Crippen LogP contribution < -0.4 is 19.1 Å². The summed E-state index contributed by atoms with van der Waals surface area (Å²) in [5.41, 5.74) is 3.33. The number of halogens is 1. The first-order valence-corrected chi connectivity index (χ1v) is 20.7. The van der Waals surface area contributed by atoms with Gasteiger partial charge in [-0.2, -0.15) is 0 Å². The number of hydrogen-bond donors (Lipinski definition) is 1. The van der Waals surface area contributed by atoms with Crippen LogP contribution in [-0.4, -0.2) is 71.6 Å². The summed E-state index contributed by atoms with van der Waals surface area (Å²) in [6.45, 7) is 9.74. The fourth-order valence-electron chi connectivity index (χ4n) is 8.31. The van der Waals surface area contributed by atoms with E-state index in [-0.39, 0.29) is 40.2 Å². The van der Waals surface area contributed by atoms with Gasteiger partial charge in [0.15, 0.2) is 0 Å². The van der Waals surface area contributed by atoms with Crippen LogP contribution in [0.2, 0.25) is 5.02 Å². The third kappa shape index (κ3) is 8.40. The Morgan fingerprint density at radius 2 is 2.06 bits per heavy atom. The summed E-state index contributed by atoms with van der Waals surface area (Å²) in [4.78, 5) is 30.0. The topological polar surface area (TPSA) is 124 Å². The first-order valence-electron chi connectivity index (χ1n) is 18.7. The Hall–Kier alpha value is -4.13. The minimum absolute atomic E-state index is 0.0312. The maximum Gasteiger partial charge on any atom is 0.286 e. The van der Waals surface area contributed by atoms with E-state index in [0.717, 1.165) is 49.4 Å². The predicted molar refractivity (Wildman–Crippen MR) is 213 cm³/mol. The van der Waals surface area contributed by atoms with Gasteiger partial charge in [-0.25, -0.2) is 4.21 Å². The number of amides is 2. The van der Waals surface area contributed by atoms with E-state index in [9.17, 15) is 13.8 Å². The van der Waals surface area contributed by atoms with Gasteiger partial charge >= 0.3 is 0 Å². The molecule has 2 amide bonds. The molecule has 3 aromatic rings. The lowest BCUT2D eigenvalue weighted by molar-refractivity contribution is 0.0135. The number of nitrogens with zero attached hydrogens (tertiary/aromatic N) is 4. The molecule has 3 aliphatic rings. The summed E-state index contributed by atoms with van der Waals surface area (Å²) >= 11 is 6.46. The molecule has 11 nitrogen and oxygen atoms in total. The summed E-state index contributed by atoms with van der Waals surface area (Å²) in [5, 5.41) is 4.87. The number of anilines is 1. The zero-order valence-corrected chi connectivity index (χ0v) is 33.5. The third-order valence-electron chi connectivity index (χ3n) is 11.1. The highest BCUT2D eigenvalue weighted by molar-refractivity contribution is 7.92. The number of nitrogens with one attached hydrogen (secondary N) is 1. The molecule has 1 aromatic heterocycles. The molecular formula is C41H52ClN5O6S. The number of methoxy groups -OCH3 is 2. The molecule has 1 spiro atoms. The highest BCUT2D eigenvalue weighted by Gasteiger charge is 2.44. The third-order valence-corrected chi connectivity index (χ3v) is 13.4. The summed E-state index contributed by atoms with van der Waals surface area (Å²) in [5.74, 6) is -0.149. The van der Waals surface area contributed by atoms with E-state index in [1.807, 2.05) is 44.2 Å². The molecular weight excluding hydrogens is 726 g/mol. The van der Waals surface area contributed by atoms with Crippen LogP contribution in [0.5, 0.6) is 11.6 Å². The van der Waals surface area contributed by atoms with E-state index in [0.29, 0.717) is 37.2 Å². The average molecular weight is 778 g/mol. The van der Waals surface area contributed by atoms with Crippen LogP contribution in [0.25, 0.3) is 0 Å². The van der Waals surface area contributed by atoms with Crippen molar-refractivity contribution in [2.45, 2.75) is 63.9 Å². The fourth-order valence-corrected chi connectivity index (χ4v) is 10.4. The number of benzene rings is 2. The molecule has 6 rings (SSSR count). The maximum atomic E-state index is 14.6. The molecule has 6 atom stereocenters. The summed E-state index contributed by atoms with van der Waals surface area (Å²) in [7, 11) is 1.19. The van der Waals surface area contributed by atoms with Crippen LogP contribution in [0.4, 0.5) is 5.69 Å². The van der Waals surface area contributed by atoms with E-state index in [1.54, 1.807) is 26.3 Å². The smallest absolute Gasteiger partial charge is 0.286 e. The molecule has 1 N–H and O–H groups in total. The van der Waals surface area contributed by atoms with Crippen molar-refractivity contribution >= 4 is 39.0 Å². The van der Waals surface area contributed by atoms with E-state index < -0.39 is 21.7 Å². The quantitative estimate of drug-likeness (QED) is 0.179. The van der Waals surface area contributed by atoms with Crippen LogP contribution >= 0.6 is 11.6 Å². The van der Waals surface area contributed by atoms with Gasteiger partial charge in [-0.15, -0.1) is 16.0 Å². The van der Waals surface area contributed by atoms with Crippen LogP contribution in [0, 0.1) is 17.8 Å². The minimum atomic E-state index is -3.60. The van der Waals surface area contributed by atoms with Crippen molar-refractivity contribution in [3.8, 4) is 11.6 Å². The Morgan fingerprint density at radius 3 is 2.76 bits per heavy atom. The molecule has 13 heteroatoms. The highest BCUT2D eigenvalue weighted by Crippen LogP contribution is 2.47. The molecule has 1 saturated carbocycles. The molecule has 0 saturated heterocycles. The van der Waals surface area contributed by atoms with Gasteiger partial charge in [-0.3, -0.25) is 19.0 Å². The number of aryl methyl sites for hydroxylation is 2. The van der Waals surface area contributed by atoms with Crippen molar-refractivity contribution in [1.82, 2.24) is 14.5 Å². The molecule has 0 bridgehead atoms. The summed E-state index contributed by atoms with van der Waals surface area (Å²) in [6.07, 6.45) is 12.8. The number of carbonyl (C=O) groups is 2. The molecule has 290 valence electrons. The largest absolute Gasteiger partial charge is 0.490 e. The van der Waals surface area contributed by atoms with Crippen molar-refractivity contribution < 1.29 is 28.0 Å². The second-order valence-electron chi connectivity index (χ2n) is 15.0. The number of fused-ring (bicyclic) bond motifs is 3. The van der Waals surface area contributed by atoms with Gasteiger partial charge in [-0.05, 0) is 105 Å². The van der Waals surface area contributed by atoms with Crippen molar-refractivity contribution in [2.75, 3.05) is 44.6 Å².